The number of esters is 1. The number of ether oxygens (including phenoxy) is 1. The fraction of sp³-hybridized carbons (Fsp3) is 0.227. The third-order valence-electron chi connectivity index (χ3n) is 4.68. The van der Waals surface area contributed by atoms with Gasteiger partial charge in [-0.1, -0.05) is 30.3 Å². The summed E-state index contributed by atoms with van der Waals surface area (Å²) in [6.45, 7) is 5.90. The van der Waals surface area contributed by atoms with Crippen molar-refractivity contribution in [3.63, 3.8) is 0 Å². The van der Waals surface area contributed by atoms with E-state index in [2.05, 4.69) is 10.4 Å². The van der Waals surface area contributed by atoms with Gasteiger partial charge in [-0.25, -0.2) is 4.68 Å². The van der Waals surface area contributed by atoms with Gasteiger partial charge in [0.2, 0.25) is 0 Å². The van der Waals surface area contributed by atoms with Crippen LogP contribution in [-0.2, 0) is 16.0 Å². The number of methoxy groups -OCH3 is 1. The van der Waals surface area contributed by atoms with Crippen LogP contribution in [0.1, 0.15) is 32.7 Å². The molecule has 1 heterocycles. The Labute approximate surface area is 164 Å². The molecule has 6 heteroatoms. The van der Waals surface area contributed by atoms with Gasteiger partial charge in [-0.3, -0.25) is 9.59 Å². The lowest BCUT2D eigenvalue weighted by atomic mass is 10.1. The summed E-state index contributed by atoms with van der Waals surface area (Å²) in [6.07, 6.45) is 1.66. The van der Waals surface area contributed by atoms with E-state index >= 15 is 0 Å². The van der Waals surface area contributed by atoms with Crippen LogP contribution in [0.15, 0.2) is 48.7 Å². The molecule has 0 unspecified atom stereocenters. The maximum atomic E-state index is 12.9. The molecule has 28 heavy (non-hydrogen) atoms. The molecule has 0 saturated carbocycles. The van der Waals surface area contributed by atoms with Gasteiger partial charge in [-0.15, -0.1) is 0 Å². The largest absolute Gasteiger partial charge is 0.469 e. The van der Waals surface area contributed by atoms with E-state index in [1.54, 1.807) is 23.0 Å². The van der Waals surface area contributed by atoms with Crippen molar-refractivity contribution in [3.8, 4) is 5.69 Å². The summed E-state index contributed by atoms with van der Waals surface area (Å²) in [5.41, 5.74) is 5.65. The number of rotatable bonds is 5. The lowest BCUT2D eigenvalue weighted by molar-refractivity contribution is -0.139. The quantitative estimate of drug-likeness (QED) is 0.687. The van der Waals surface area contributed by atoms with Gasteiger partial charge < -0.3 is 10.1 Å². The number of anilines is 1. The number of aryl methyl sites for hydroxylation is 2. The predicted molar refractivity (Wildman–Crippen MR) is 108 cm³/mol. The van der Waals surface area contributed by atoms with E-state index in [9.17, 15) is 9.59 Å². The second kappa shape index (κ2) is 8.08. The molecule has 6 nitrogen and oxygen atoms in total. The van der Waals surface area contributed by atoms with Gasteiger partial charge >= 0.3 is 5.97 Å². The molecule has 0 fully saturated rings. The van der Waals surface area contributed by atoms with Gasteiger partial charge in [0.1, 0.15) is 0 Å². The number of nitrogens with one attached hydrogen (secondary N) is 1. The third kappa shape index (κ3) is 3.96. The van der Waals surface area contributed by atoms with E-state index in [1.807, 2.05) is 51.1 Å². The van der Waals surface area contributed by atoms with Crippen molar-refractivity contribution >= 4 is 17.6 Å². The molecule has 0 aliphatic heterocycles. The molecule has 0 spiro atoms. The number of para-hydroxylation sites is 1. The van der Waals surface area contributed by atoms with Crippen LogP contribution in [-0.4, -0.2) is 28.8 Å². The Morgan fingerprint density at radius 3 is 2.61 bits per heavy atom. The molecule has 0 radical (unpaired) electrons. The first-order valence-corrected chi connectivity index (χ1v) is 8.99. The fourth-order valence-corrected chi connectivity index (χ4v) is 3.04. The third-order valence-corrected chi connectivity index (χ3v) is 4.68. The van der Waals surface area contributed by atoms with Crippen molar-refractivity contribution in [1.82, 2.24) is 9.78 Å². The average molecular weight is 377 g/mol. The van der Waals surface area contributed by atoms with Crippen molar-refractivity contribution in [2.24, 2.45) is 0 Å². The number of carbonyl (C=O) groups excluding carboxylic acids is 2. The van der Waals surface area contributed by atoms with Gasteiger partial charge in [0.15, 0.2) is 0 Å². The molecular formula is C22H23N3O3. The summed E-state index contributed by atoms with van der Waals surface area (Å²) in [6, 6.07) is 13.3. The van der Waals surface area contributed by atoms with Gasteiger partial charge in [0.05, 0.1) is 36.7 Å². The lowest BCUT2D eigenvalue weighted by Crippen LogP contribution is -2.15. The fourth-order valence-electron chi connectivity index (χ4n) is 3.04. The normalized spacial score (nSPS) is 10.6. The first-order valence-electron chi connectivity index (χ1n) is 8.99. The van der Waals surface area contributed by atoms with Crippen LogP contribution in [0.25, 0.3) is 5.69 Å². The van der Waals surface area contributed by atoms with Crippen LogP contribution >= 0.6 is 0 Å². The average Bonchev–Trinajstić information content (AvgIpc) is 3.06. The molecule has 3 aromatic rings. The minimum absolute atomic E-state index is 0.0910. The molecule has 0 aliphatic rings. The number of benzene rings is 2. The SMILES string of the molecule is COC(=O)Cc1ccccc1NC(=O)c1cnn(-c2cc(C)ccc2C)c1C. The standard InChI is InChI=1S/C22H23N3O3/c1-14-9-10-15(2)20(11-14)25-16(3)18(13-23-25)22(27)24-19-8-6-5-7-17(19)12-21(26)28-4/h5-11,13H,12H2,1-4H3,(H,24,27). The summed E-state index contributed by atoms with van der Waals surface area (Å²) in [5, 5.41) is 7.30. The summed E-state index contributed by atoms with van der Waals surface area (Å²) in [4.78, 5) is 24.5. The molecule has 0 atom stereocenters. The van der Waals surface area contributed by atoms with Crippen molar-refractivity contribution in [3.05, 3.63) is 76.6 Å². The highest BCUT2D eigenvalue weighted by molar-refractivity contribution is 6.05. The molecule has 1 aromatic heterocycles. The Morgan fingerprint density at radius 2 is 1.86 bits per heavy atom. The Hall–Kier alpha value is -3.41. The van der Waals surface area contributed by atoms with Crippen LogP contribution in [0.3, 0.4) is 0 Å². The Kier molecular flexibility index (Phi) is 5.59. The number of carbonyl (C=O) groups is 2. The van der Waals surface area contributed by atoms with E-state index in [0.717, 1.165) is 22.5 Å². The number of hydrogen-bond acceptors (Lipinski definition) is 4. The summed E-state index contributed by atoms with van der Waals surface area (Å²) in [5.74, 6) is -0.632. The Morgan fingerprint density at radius 1 is 1.11 bits per heavy atom. The summed E-state index contributed by atoms with van der Waals surface area (Å²) in [7, 11) is 1.34. The molecule has 0 saturated heterocycles. The van der Waals surface area contributed by atoms with Crippen molar-refractivity contribution in [2.75, 3.05) is 12.4 Å². The highest BCUT2D eigenvalue weighted by Gasteiger charge is 2.18. The maximum absolute atomic E-state index is 12.9. The van der Waals surface area contributed by atoms with Crippen molar-refractivity contribution < 1.29 is 14.3 Å². The zero-order valence-corrected chi connectivity index (χ0v) is 16.4. The number of aromatic nitrogens is 2. The molecule has 144 valence electrons. The lowest BCUT2D eigenvalue weighted by Gasteiger charge is -2.11. The van der Waals surface area contributed by atoms with Crippen LogP contribution < -0.4 is 5.32 Å². The van der Waals surface area contributed by atoms with Crippen LogP contribution in [0, 0.1) is 20.8 Å². The molecule has 3 rings (SSSR count). The topological polar surface area (TPSA) is 73.2 Å². The second-order valence-corrected chi connectivity index (χ2v) is 6.71. The monoisotopic (exact) mass is 377 g/mol. The smallest absolute Gasteiger partial charge is 0.310 e. The van der Waals surface area contributed by atoms with Crippen molar-refractivity contribution in [1.29, 1.82) is 0 Å². The zero-order chi connectivity index (χ0) is 20.3. The minimum Gasteiger partial charge on any atom is -0.469 e. The number of hydrogen-bond donors (Lipinski definition) is 1. The highest BCUT2D eigenvalue weighted by atomic mass is 16.5. The predicted octanol–water partition coefficient (Wildman–Crippen LogP) is 3.77. The molecule has 0 aliphatic carbocycles. The molecule has 1 N–H and O–H groups in total. The van der Waals surface area contributed by atoms with E-state index in [0.29, 0.717) is 16.8 Å². The summed E-state index contributed by atoms with van der Waals surface area (Å²) >= 11 is 0. The number of nitrogens with zero attached hydrogens (tertiary/aromatic N) is 2. The van der Waals surface area contributed by atoms with Gasteiger partial charge in [0, 0.05) is 5.69 Å². The van der Waals surface area contributed by atoms with E-state index < -0.39 is 0 Å². The molecular weight excluding hydrogens is 354 g/mol. The van der Waals surface area contributed by atoms with Crippen molar-refractivity contribution in [2.45, 2.75) is 27.2 Å². The first kappa shape index (κ1) is 19.4. The second-order valence-electron chi connectivity index (χ2n) is 6.71. The van der Waals surface area contributed by atoms with E-state index in [1.165, 1.54) is 7.11 Å². The van der Waals surface area contributed by atoms with Gasteiger partial charge in [-0.05, 0) is 49.6 Å². The van der Waals surface area contributed by atoms with Crippen LogP contribution in [0.5, 0.6) is 0 Å². The highest BCUT2D eigenvalue weighted by Crippen LogP contribution is 2.21. The first-order chi connectivity index (χ1) is 13.4. The minimum atomic E-state index is -0.361. The Balaban J connectivity index is 1.88. The van der Waals surface area contributed by atoms with Gasteiger partial charge in [-0.2, -0.15) is 5.10 Å². The summed E-state index contributed by atoms with van der Waals surface area (Å²) < 4.78 is 6.50. The van der Waals surface area contributed by atoms with E-state index in [-0.39, 0.29) is 18.3 Å². The Bertz CT molecular complexity index is 1040. The van der Waals surface area contributed by atoms with Crippen LogP contribution in [0.4, 0.5) is 5.69 Å². The maximum Gasteiger partial charge on any atom is 0.310 e. The van der Waals surface area contributed by atoms with Crippen LogP contribution in [0.2, 0.25) is 0 Å². The molecule has 0 bridgehead atoms. The zero-order valence-electron chi connectivity index (χ0n) is 16.4. The number of amides is 1. The van der Waals surface area contributed by atoms with Gasteiger partial charge in [0.25, 0.3) is 5.91 Å². The van der Waals surface area contributed by atoms with E-state index in [4.69, 9.17) is 4.74 Å². The molecule has 1 amide bonds. The molecule has 2 aromatic carbocycles.